The number of carbonyl (C=O) groups excluding carboxylic acids is 2. The van der Waals surface area contributed by atoms with Crippen molar-refractivity contribution in [1.82, 2.24) is 4.90 Å². The fourth-order valence-corrected chi connectivity index (χ4v) is 8.22. The summed E-state index contributed by atoms with van der Waals surface area (Å²) in [7, 11) is 0. The predicted octanol–water partition coefficient (Wildman–Crippen LogP) is 10.7. The van der Waals surface area contributed by atoms with Crippen molar-refractivity contribution >= 4 is 40.9 Å². The molecule has 3 aliphatic rings. The van der Waals surface area contributed by atoms with Crippen LogP contribution in [0, 0.1) is 29.6 Å². The zero-order chi connectivity index (χ0) is 34.8. The zero-order valence-corrected chi connectivity index (χ0v) is 30.9. The van der Waals surface area contributed by atoms with E-state index in [-0.39, 0.29) is 30.6 Å². The number of aliphatic carboxylic acids is 1. The van der Waals surface area contributed by atoms with Gasteiger partial charge in [0.05, 0.1) is 6.42 Å². The molecule has 256 valence electrons. The van der Waals surface area contributed by atoms with Crippen molar-refractivity contribution in [3.63, 3.8) is 0 Å². The second-order valence-electron chi connectivity index (χ2n) is 15.4. The Morgan fingerprint density at radius 3 is 1.81 bits per heavy atom. The first-order chi connectivity index (χ1) is 22.0. The van der Waals surface area contributed by atoms with Gasteiger partial charge in [-0.2, -0.15) is 0 Å². The Hall–Kier alpha value is -2.63. The number of carbonyl (C=O) groups is 3. The van der Waals surface area contributed by atoms with Gasteiger partial charge in [0.1, 0.15) is 0 Å². The number of carboxylic acid groups (broad SMARTS) is 1. The maximum absolute atomic E-state index is 12.8. The average molecular weight is 683 g/mol. The molecule has 2 saturated carbocycles. The topological polar surface area (TPSA) is 74.7 Å². The van der Waals surface area contributed by atoms with Crippen LogP contribution in [0.1, 0.15) is 133 Å². The summed E-state index contributed by atoms with van der Waals surface area (Å²) in [5.41, 5.74) is 4.91. The lowest BCUT2D eigenvalue weighted by atomic mass is 9.65. The van der Waals surface area contributed by atoms with Crippen LogP contribution in [0.15, 0.2) is 48.2 Å². The number of halogens is 2. The average Bonchev–Trinajstić information content (AvgIpc) is 2.92. The zero-order valence-electron chi connectivity index (χ0n) is 29.4. The van der Waals surface area contributed by atoms with Crippen molar-refractivity contribution in [3.8, 4) is 0 Å². The SMILES string of the molecule is CC(=O)c1ccc(C2CC(C(C)C)C2)c(Cl)c1.CC(C)C1=CN(CCC(=O)O)C(=O)C[C@@]1(C)c1ccc(C2CC(C(C)C)C2)c(Cl)c1. The summed E-state index contributed by atoms with van der Waals surface area (Å²) < 4.78 is 0. The van der Waals surface area contributed by atoms with E-state index in [1.54, 1.807) is 11.8 Å². The van der Waals surface area contributed by atoms with Gasteiger partial charge in [-0.15, -0.1) is 0 Å². The molecule has 0 saturated heterocycles. The molecule has 2 aliphatic carbocycles. The van der Waals surface area contributed by atoms with E-state index >= 15 is 0 Å². The van der Waals surface area contributed by atoms with Gasteiger partial charge in [-0.3, -0.25) is 14.4 Å². The summed E-state index contributed by atoms with van der Waals surface area (Å²) in [4.78, 5) is 36.6. The molecule has 0 bridgehead atoms. The summed E-state index contributed by atoms with van der Waals surface area (Å²) in [6.07, 6.45) is 7.01. The van der Waals surface area contributed by atoms with Crippen LogP contribution in [0.3, 0.4) is 0 Å². The molecule has 0 unspecified atom stereocenters. The van der Waals surface area contributed by atoms with Gasteiger partial charge in [-0.25, -0.2) is 0 Å². The highest BCUT2D eigenvalue weighted by Crippen LogP contribution is 2.50. The highest BCUT2D eigenvalue weighted by Gasteiger charge is 2.41. The van der Waals surface area contributed by atoms with Crippen molar-refractivity contribution in [2.24, 2.45) is 29.6 Å². The van der Waals surface area contributed by atoms with Crippen LogP contribution >= 0.6 is 23.2 Å². The number of hydrogen-bond donors (Lipinski definition) is 1. The maximum Gasteiger partial charge on any atom is 0.305 e. The van der Waals surface area contributed by atoms with E-state index in [1.165, 1.54) is 36.8 Å². The Morgan fingerprint density at radius 1 is 0.872 bits per heavy atom. The van der Waals surface area contributed by atoms with Gasteiger partial charge < -0.3 is 10.0 Å². The Kier molecular flexibility index (Phi) is 12.1. The van der Waals surface area contributed by atoms with Gasteiger partial charge in [-0.05, 0) is 108 Å². The summed E-state index contributed by atoms with van der Waals surface area (Å²) in [6, 6.07) is 12.1. The van der Waals surface area contributed by atoms with E-state index in [0.29, 0.717) is 29.7 Å². The van der Waals surface area contributed by atoms with Crippen molar-refractivity contribution in [1.29, 1.82) is 0 Å². The molecule has 47 heavy (non-hydrogen) atoms. The lowest BCUT2D eigenvalue weighted by Gasteiger charge is -2.42. The fraction of sp³-hybridized carbons (Fsp3) is 0.575. The van der Waals surface area contributed by atoms with Crippen LogP contribution < -0.4 is 0 Å². The number of ketones is 1. The van der Waals surface area contributed by atoms with Crippen molar-refractivity contribution in [3.05, 3.63) is 80.5 Å². The number of rotatable bonds is 10. The van der Waals surface area contributed by atoms with E-state index in [9.17, 15) is 14.4 Å². The monoisotopic (exact) mass is 681 g/mol. The van der Waals surface area contributed by atoms with E-state index in [1.807, 2.05) is 24.4 Å². The van der Waals surface area contributed by atoms with Crippen molar-refractivity contribution < 1.29 is 19.5 Å². The molecule has 0 spiro atoms. The Bertz CT molecular complexity index is 1500. The van der Waals surface area contributed by atoms with E-state index < -0.39 is 11.4 Å². The third kappa shape index (κ3) is 8.51. The predicted molar refractivity (Wildman–Crippen MR) is 192 cm³/mol. The smallest absolute Gasteiger partial charge is 0.305 e. The summed E-state index contributed by atoms with van der Waals surface area (Å²) >= 11 is 13.0. The number of amides is 1. The molecule has 7 heteroatoms. The molecule has 2 fully saturated rings. The standard InChI is InChI=1S/C25H34ClNO3.C15H19ClO/c1-15(2)17-10-18(11-17)20-7-6-19(12-22(20)26)25(5)13-23(28)27(9-8-24(29)30)14-21(25)16(3)4;1-9(2)12-6-13(7-12)14-5-4-11(10(3)17)8-15(14)16/h6-7,12,14-18H,8-11,13H2,1-5H3,(H,29,30);4-5,8-9,12-13H,6-7H2,1-3H3/t17?,18?,25-;/m0./s1. The van der Waals surface area contributed by atoms with Gasteiger partial charge in [0.25, 0.3) is 0 Å². The summed E-state index contributed by atoms with van der Waals surface area (Å²) in [6.45, 7) is 17.2. The van der Waals surface area contributed by atoms with Crippen LogP contribution in [0.2, 0.25) is 10.0 Å². The van der Waals surface area contributed by atoms with Crippen LogP contribution in [0.4, 0.5) is 0 Å². The third-order valence-electron chi connectivity index (χ3n) is 11.1. The Balaban J connectivity index is 0.000000248. The summed E-state index contributed by atoms with van der Waals surface area (Å²) in [5.74, 6) is 3.60. The fourth-order valence-electron chi connectivity index (χ4n) is 7.55. The number of Topliss-reactive ketones (excluding diaryl/α,β-unsaturated/α-hetero) is 1. The highest BCUT2D eigenvalue weighted by atomic mass is 35.5. The number of allylic oxidation sites excluding steroid dienone is 1. The van der Waals surface area contributed by atoms with E-state index in [0.717, 1.165) is 38.9 Å². The van der Waals surface area contributed by atoms with Crippen LogP contribution in [-0.4, -0.2) is 34.2 Å². The number of benzene rings is 2. The summed E-state index contributed by atoms with van der Waals surface area (Å²) in [5, 5.41) is 10.5. The molecule has 0 radical (unpaired) electrons. The Morgan fingerprint density at radius 2 is 1.38 bits per heavy atom. The quantitative estimate of drug-likeness (QED) is 0.253. The minimum Gasteiger partial charge on any atom is -0.481 e. The first-order valence-electron chi connectivity index (χ1n) is 17.4. The second kappa shape index (κ2) is 15.3. The normalized spacial score (nSPS) is 25.6. The molecule has 5 nitrogen and oxygen atoms in total. The van der Waals surface area contributed by atoms with Gasteiger partial charge in [0.2, 0.25) is 5.91 Å². The minimum absolute atomic E-state index is 0.0397. The van der Waals surface area contributed by atoms with Gasteiger partial charge in [0.15, 0.2) is 5.78 Å². The molecule has 1 aliphatic heterocycles. The Labute approximate surface area is 292 Å². The molecule has 1 atom stereocenters. The van der Waals surface area contributed by atoms with Crippen LogP contribution in [0.5, 0.6) is 0 Å². The van der Waals surface area contributed by atoms with E-state index in [2.05, 4.69) is 66.7 Å². The molecular weight excluding hydrogens is 629 g/mol. The largest absolute Gasteiger partial charge is 0.481 e. The second-order valence-corrected chi connectivity index (χ2v) is 16.2. The number of carboxylic acids is 1. The maximum atomic E-state index is 12.8. The minimum atomic E-state index is -0.895. The van der Waals surface area contributed by atoms with Gasteiger partial charge in [0, 0.05) is 40.2 Å². The van der Waals surface area contributed by atoms with Crippen LogP contribution in [0.25, 0.3) is 0 Å². The van der Waals surface area contributed by atoms with Gasteiger partial charge in [-0.1, -0.05) is 95.9 Å². The van der Waals surface area contributed by atoms with E-state index in [4.69, 9.17) is 28.3 Å². The lowest BCUT2D eigenvalue weighted by molar-refractivity contribution is -0.138. The number of hydrogen-bond acceptors (Lipinski definition) is 3. The molecule has 2 aromatic rings. The van der Waals surface area contributed by atoms with Crippen LogP contribution in [-0.2, 0) is 15.0 Å². The van der Waals surface area contributed by atoms with Crippen molar-refractivity contribution in [2.75, 3.05) is 6.54 Å². The first kappa shape index (κ1) is 37.2. The van der Waals surface area contributed by atoms with Gasteiger partial charge >= 0.3 is 5.97 Å². The first-order valence-corrected chi connectivity index (χ1v) is 18.1. The highest BCUT2D eigenvalue weighted by molar-refractivity contribution is 6.32. The molecule has 1 heterocycles. The molecule has 5 rings (SSSR count). The number of nitrogens with zero attached hydrogens (tertiary/aromatic N) is 1. The third-order valence-corrected chi connectivity index (χ3v) is 11.8. The lowest BCUT2D eigenvalue weighted by Crippen LogP contribution is -2.42. The van der Waals surface area contributed by atoms with Crippen molar-refractivity contribution in [2.45, 2.75) is 111 Å². The molecule has 1 amide bonds. The molecule has 1 N–H and O–H groups in total. The molecular formula is C40H53Cl2NO4. The molecule has 2 aromatic carbocycles. The molecule has 0 aromatic heterocycles.